The van der Waals surface area contributed by atoms with E-state index in [1.807, 2.05) is 18.2 Å². The van der Waals surface area contributed by atoms with Crippen LogP contribution in [0.2, 0.25) is 0 Å². The van der Waals surface area contributed by atoms with Gasteiger partial charge in [0.25, 0.3) is 0 Å². The fourth-order valence-corrected chi connectivity index (χ4v) is 2.96. The van der Waals surface area contributed by atoms with Gasteiger partial charge in [-0.05, 0) is 24.5 Å². The molecule has 98 valence electrons. The molecular formula is C13H18N2O2S. The van der Waals surface area contributed by atoms with Crippen LogP contribution in [-0.4, -0.2) is 15.0 Å². The van der Waals surface area contributed by atoms with Crippen molar-refractivity contribution >= 4 is 10.0 Å². The topological polar surface area (TPSA) is 70.0 Å². The van der Waals surface area contributed by atoms with Crippen LogP contribution in [0, 0.1) is 11.3 Å². The lowest BCUT2D eigenvalue weighted by Gasteiger charge is -2.10. The van der Waals surface area contributed by atoms with Crippen molar-refractivity contribution in [2.45, 2.75) is 37.5 Å². The minimum atomic E-state index is -3.49. The van der Waals surface area contributed by atoms with E-state index in [4.69, 9.17) is 5.26 Å². The normalized spacial score (nSPS) is 11.1. The number of nitrogens with one attached hydrogen (secondary N) is 1. The first kappa shape index (κ1) is 14.7. The molecule has 0 atom stereocenters. The average Bonchev–Trinajstić information content (AvgIpc) is 2.37. The van der Waals surface area contributed by atoms with Crippen LogP contribution in [0.25, 0.3) is 0 Å². The van der Waals surface area contributed by atoms with E-state index in [1.54, 1.807) is 12.1 Å². The molecule has 4 nitrogen and oxygen atoms in total. The molecule has 0 saturated carbocycles. The number of rotatable bonds is 7. The molecule has 0 bridgehead atoms. The fourth-order valence-electron chi connectivity index (χ4n) is 1.66. The summed E-state index contributed by atoms with van der Waals surface area (Å²) in [6.07, 6.45) is 2.92. The summed E-state index contributed by atoms with van der Waals surface area (Å²) in [5, 5.41) is 8.42. The van der Waals surface area contributed by atoms with Crippen LogP contribution in [-0.2, 0) is 16.4 Å². The second-order valence-corrected chi connectivity index (χ2v) is 5.75. The summed E-state index contributed by atoms with van der Waals surface area (Å²) in [4.78, 5) is 0.330. The Balaban J connectivity index is 2.90. The van der Waals surface area contributed by atoms with Gasteiger partial charge >= 0.3 is 0 Å². The van der Waals surface area contributed by atoms with E-state index in [9.17, 15) is 8.42 Å². The second-order valence-electron chi connectivity index (χ2n) is 4.02. The molecule has 0 radical (unpaired) electrons. The molecule has 1 aromatic carbocycles. The van der Waals surface area contributed by atoms with Crippen molar-refractivity contribution in [2.24, 2.45) is 0 Å². The highest BCUT2D eigenvalue weighted by molar-refractivity contribution is 7.89. The largest absolute Gasteiger partial charge is 0.240 e. The molecule has 0 aliphatic rings. The Morgan fingerprint density at radius 2 is 2.06 bits per heavy atom. The second kappa shape index (κ2) is 7.14. The summed E-state index contributed by atoms with van der Waals surface area (Å²) in [6, 6.07) is 8.93. The maximum Gasteiger partial charge on any atom is 0.240 e. The van der Waals surface area contributed by atoms with Crippen molar-refractivity contribution in [3.63, 3.8) is 0 Å². The lowest BCUT2D eigenvalue weighted by atomic mass is 10.1. The van der Waals surface area contributed by atoms with Gasteiger partial charge in [0, 0.05) is 13.0 Å². The summed E-state index contributed by atoms with van der Waals surface area (Å²) < 4.78 is 26.6. The SMILES string of the molecule is CCCCc1ccccc1S(=O)(=O)NCCC#N. The fraction of sp³-hybridized carbons (Fsp3) is 0.462. The highest BCUT2D eigenvalue weighted by Gasteiger charge is 2.16. The van der Waals surface area contributed by atoms with Crippen molar-refractivity contribution in [1.29, 1.82) is 5.26 Å². The summed E-state index contributed by atoms with van der Waals surface area (Å²) in [5.74, 6) is 0. The van der Waals surface area contributed by atoms with Gasteiger partial charge in [0.05, 0.1) is 11.0 Å². The van der Waals surface area contributed by atoms with Gasteiger partial charge in [-0.15, -0.1) is 0 Å². The van der Waals surface area contributed by atoms with Gasteiger partial charge in [0.1, 0.15) is 0 Å². The van der Waals surface area contributed by atoms with Crippen molar-refractivity contribution in [3.8, 4) is 6.07 Å². The summed E-state index contributed by atoms with van der Waals surface area (Å²) in [6.45, 7) is 2.23. The molecule has 1 aromatic rings. The van der Waals surface area contributed by atoms with Gasteiger partial charge in [-0.3, -0.25) is 0 Å². The van der Waals surface area contributed by atoms with Gasteiger partial charge < -0.3 is 0 Å². The van der Waals surface area contributed by atoms with Gasteiger partial charge in [-0.25, -0.2) is 13.1 Å². The summed E-state index contributed by atoms with van der Waals surface area (Å²) in [7, 11) is -3.49. The number of hydrogen-bond donors (Lipinski definition) is 1. The van der Waals surface area contributed by atoms with E-state index >= 15 is 0 Å². The maximum atomic E-state index is 12.1. The average molecular weight is 266 g/mol. The summed E-state index contributed by atoms with van der Waals surface area (Å²) in [5.41, 5.74) is 0.837. The zero-order valence-corrected chi connectivity index (χ0v) is 11.3. The molecule has 0 aromatic heterocycles. The maximum absolute atomic E-state index is 12.1. The van der Waals surface area contributed by atoms with E-state index in [1.165, 1.54) is 0 Å². The zero-order valence-electron chi connectivity index (χ0n) is 10.5. The smallest absolute Gasteiger partial charge is 0.210 e. The van der Waals surface area contributed by atoms with Gasteiger partial charge in [0.15, 0.2) is 0 Å². The number of unbranched alkanes of at least 4 members (excludes halogenated alkanes) is 1. The molecule has 0 amide bonds. The molecule has 0 aliphatic heterocycles. The Morgan fingerprint density at radius 1 is 1.33 bits per heavy atom. The number of sulfonamides is 1. The van der Waals surface area contributed by atoms with Crippen LogP contribution >= 0.6 is 0 Å². The minimum absolute atomic E-state index is 0.154. The number of aryl methyl sites for hydroxylation is 1. The molecule has 0 fully saturated rings. The van der Waals surface area contributed by atoms with Crippen molar-refractivity contribution < 1.29 is 8.42 Å². The first-order chi connectivity index (χ1) is 8.61. The lowest BCUT2D eigenvalue weighted by molar-refractivity contribution is 0.580. The Labute approximate surface area is 109 Å². The van der Waals surface area contributed by atoms with E-state index in [2.05, 4.69) is 11.6 Å². The van der Waals surface area contributed by atoms with Gasteiger partial charge in [-0.2, -0.15) is 5.26 Å². The number of nitriles is 1. The van der Waals surface area contributed by atoms with Crippen molar-refractivity contribution in [3.05, 3.63) is 29.8 Å². The Kier molecular flexibility index (Phi) is 5.83. The van der Waals surface area contributed by atoms with Gasteiger partial charge in [-0.1, -0.05) is 31.5 Å². The quantitative estimate of drug-likeness (QED) is 0.769. The van der Waals surface area contributed by atoms with Crippen molar-refractivity contribution in [2.75, 3.05) is 6.54 Å². The van der Waals surface area contributed by atoms with E-state index < -0.39 is 10.0 Å². The number of hydrogen-bond acceptors (Lipinski definition) is 3. The third-order valence-electron chi connectivity index (χ3n) is 2.59. The number of nitrogens with zero attached hydrogens (tertiary/aromatic N) is 1. The molecule has 18 heavy (non-hydrogen) atoms. The van der Waals surface area contributed by atoms with E-state index in [0.29, 0.717) is 4.90 Å². The Bertz CT molecular complexity index is 518. The molecule has 1 N–H and O–H groups in total. The van der Waals surface area contributed by atoms with Crippen LogP contribution in [0.3, 0.4) is 0 Å². The predicted octanol–water partition coefficient (Wildman–Crippen LogP) is 2.22. The lowest BCUT2D eigenvalue weighted by Crippen LogP contribution is -2.25. The minimum Gasteiger partial charge on any atom is -0.210 e. The zero-order chi connectivity index (χ0) is 13.4. The monoisotopic (exact) mass is 266 g/mol. The summed E-state index contributed by atoms with van der Waals surface area (Å²) >= 11 is 0. The molecule has 5 heteroatoms. The number of benzene rings is 1. The van der Waals surface area contributed by atoms with E-state index in [-0.39, 0.29) is 13.0 Å². The standard InChI is InChI=1S/C13H18N2O2S/c1-2-3-7-12-8-4-5-9-13(12)18(16,17)15-11-6-10-14/h4-5,8-9,15H,2-3,6-7,11H2,1H3. The highest BCUT2D eigenvalue weighted by atomic mass is 32.2. The van der Waals surface area contributed by atoms with Crippen LogP contribution in [0.5, 0.6) is 0 Å². The van der Waals surface area contributed by atoms with Crippen LogP contribution < -0.4 is 4.72 Å². The van der Waals surface area contributed by atoms with E-state index in [0.717, 1.165) is 24.8 Å². The van der Waals surface area contributed by atoms with Gasteiger partial charge in [0.2, 0.25) is 10.0 Å². The molecule has 0 aliphatic carbocycles. The van der Waals surface area contributed by atoms with Crippen LogP contribution in [0.4, 0.5) is 0 Å². The molecule has 0 heterocycles. The molecule has 0 saturated heterocycles. The third kappa shape index (κ3) is 4.13. The molecular weight excluding hydrogens is 248 g/mol. The third-order valence-corrected chi connectivity index (χ3v) is 4.15. The molecule has 0 unspecified atom stereocenters. The molecule has 1 rings (SSSR count). The first-order valence-corrected chi connectivity index (χ1v) is 7.54. The highest BCUT2D eigenvalue weighted by Crippen LogP contribution is 2.17. The first-order valence-electron chi connectivity index (χ1n) is 6.06. The van der Waals surface area contributed by atoms with Crippen LogP contribution in [0.1, 0.15) is 31.7 Å². The predicted molar refractivity (Wildman–Crippen MR) is 70.5 cm³/mol. The Morgan fingerprint density at radius 3 is 2.72 bits per heavy atom. The van der Waals surface area contributed by atoms with Crippen LogP contribution in [0.15, 0.2) is 29.2 Å². The van der Waals surface area contributed by atoms with Crippen molar-refractivity contribution in [1.82, 2.24) is 4.72 Å². The molecule has 0 spiro atoms. The Hall–Kier alpha value is -1.38.